The van der Waals surface area contributed by atoms with Gasteiger partial charge in [-0.25, -0.2) is 0 Å². The number of hydrogen-bond donors (Lipinski definition) is 0. The Kier molecular flexibility index (Phi) is 5.87. The molecule has 0 aromatic carbocycles. The van der Waals surface area contributed by atoms with E-state index in [1.807, 2.05) is 6.92 Å². The second-order valence-electron chi connectivity index (χ2n) is 2.15. The summed E-state index contributed by atoms with van der Waals surface area (Å²) in [4.78, 5) is 0. The van der Waals surface area contributed by atoms with Crippen molar-refractivity contribution in [3.63, 3.8) is 0 Å². The van der Waals surface area contributed by atoms with Gasteiger partial charge in [-0.15, -0.1) is 0 Å². The Morgan fingerprint density at radius 1 is 1.70 bits per heavy atom. The second-order valence-corrected chi connectivity index (χ2v) is 3.47. The molecule has 0 fully saturated rings. The Morgan fingerprint density at radius 3 is 2.70 bits per heavy atom. The Labute approximate surface area is 64.1 Å². The van der Waals surface area contributed by atoms with Crippen molar-refractivity contribution in [1.82, 2.24) is 0 Å². The summed E-state index contributed by atoms with van der Waals surface area (Å²) in [5.41, 5.74) is 0. The van der Waals surface area contributed by atoms with Crippen LogP contribution in [-0.2, 0) is 15.8 Å². The van der Waals surface area contributed by atoms with Crippen molar-refractivity contribution in [3.8, 4) is 0 Å². The van der Waals surface area contributed by atoms with E-state index in [0.29, 0.717) is 13.2 Å². The first-order valence-corrected chi connectivity index (χ1v) is 4.48. The minimum Gasteiger partial charge on any atom is -0.772 e. The lowest BCUT2D eigenvalue weighted by molar-refractivity contribution is 0.136. The van der Waals surface area contributed by atoms with Gasteiger partial charge in [0.15, 0.2) is 0 Å². The van der Waals surface area contributed by atoms with E-state index in [0.717, 1.165) is 6.42 Å². The SMILES string of the molecule is CCCOCC(C)S(=O)[O-]. The van der Waals surface area contributed by atoms with Crippen LogP contribution in [0.2, 0.25) is 0 Å². The Balaban J connectivity index is 3.21. The maximum absolute atomic E-state index is 10.2. The first-order valence-electron chi connectivity index (χ1n) is 3.34. The molecule has 0 saturated carbocycles. The predicted octanol–water partition coefficient (Wildman–Crippen LogP) is 0.681. The molecule has 0 N–H and O–H groups in total. The standard InChI is InChI=1S/C6H14O3S/c1-3-4-9-5-6(2)10(7)8/h6H,3-5H2,1-2H3,(H,7,8)/p-1. The summed E-state index contributed by atoms with van der Waals surface area (Å²) in [6.45, 7) is 4.56. The zero-order valence-corrected chi connectivity index (χ0v) is 7.15. The summed E-state index contributed by atoms with van der Waals surface area (Å²) < 4.78 is 25.4. The predicted molar refractivity (Wildman–Crippen MR) is 39.5 cm³/mol. The molecule has 4 heteroatoms. The van der Waals surface area contributed by atoms with E-state index in [1.54, 1.807) is 6.92 Å². The zero-order chi connectivity index (χ0) is 7.98. The highest BCUT2D eigenvalue weighted by Gasteiger charge is 1.99. The average Bonchev–Trinajstić information content (AvgIpc) is 1.88. The van der Waals surface area contributed by atoms with Crippen molar-refractivity contribution < 1.29 is 13.5 Å². The zero-order valence-electron chi connectivity index (χ0n) is 6.33. The van der Waals surface area contributed by atoms with Crippen LogP contribution >= 0.6 is 0 Å². The van der Waals surface area contributed by atoms with Crippen LogP contribution in [-0.4, -0.2) is 27.2 Å². The van der Waals surface area contributed by atoms with E-state index in [9.17, 15) is 8.76 Å². The summed E-state index contributed by atoms with van der Waals surface area (Å²) in [6.07, 6.45) is 0.929. The van der Waals surface area contributed by atoms with Crippen LogP contribution in [0.1, 0.15) is 20.3 Å². The summed E-state index contributed by atoms with van der Waals surface area (Å²) in [5.74, 6) is 0. The number of hydrogen-bond acceptors (Lipinski definition) is 3. The molecule has 2 atom stereocenters. The Bertz CT molecular complexity index is 105. The number of ether oxygens (including phenoxy) is 1. The lowest BCUT2D eigenvalue weighted by atomic mass is 10.5. The molecule has 62 valence electrons. The van der Waals surface area contributed by atoms with Crippen LogP contribution in [0, 0.1) is 0 Å². The second kappa shape index (κ2) is 5.82. The molecular weight excluding hydrogens is 152 g/mol. The van der Waals surface area contributed by atoms with Gasteiger partial charge in [-0.2, -0.15) is 0 Å². The molecule has 0 aliphatic heterocycles. The third-order valence-electron chi connectivity index (χ3n) is 1.03. The van der Waals surface area contributed by atoms with Crippen molar-refractivity contribution in [1.29, 1.82) is 0 Å². The summed E-state index contributed by atoms with van der Waals surface area (Å²) >= 11 is -1.99. The molecule has 0 rings (SSSR count). The first kappa shape index (κ1) is 10.1. The topological polar surface area (TPSA) is 49.4 Å². The van der Waals surface area contributed by atoms with E-state index in [1.165, 1.54) is 0 Å². The molecule has 10 heavy (non-hydrogen) atoms. The fraction of sp³-hybridized carbons (Fsp3) is 1.00. The molecule has 3 nitrogen and oxygen atoms in total. The molecule has 0 amide bonds. The van der Waals surface area contributed by atoms with Crippen molar-refractivity contribution in [3.05, 3.63) is 0 Å². The van der Waals surface area contributed by atoms with Gasteiger partial charge in [0, 0.05) is 11.9 Å². The van der Waals surface area contributed by atoms with Gasteiger partial charge in [0.1, 0.15) is 0 Å². The minimum absolute atomic E-state index is 0.309. The van der Waals surface area contributed by atoms with Crippen molar-refractivity contribution in [2.75, 3.05) is 13.2 Å². The van der Waals surface area contributed by atoms with Gasteiger partial charge in [0.05, 0.1) is 6.61 Å². The lowest BCUT2D eigenvalue weighted by Gasteiger charge is -2.13. The highest BCUT2D eigenvalue weighted by atomic mass is 32.2. The van der Waals surface area contributed by atoms with E-state index >= 15 is 0 Å². The first-order chi connectivity index (χ1) is 4.68. The molecule has 0 spiro atoms. The highest BCUT2D eigenvalue weighted by molar-refractivity contribution is 7.79. The summed E-state index contributed by atoms with van der Waals surface area (Å²) in [6, 6.07) is 0. The quantitative estimate of drug-likeness (QED) is 0.444. The maximum Gasteiger partial charge on any atom is 0.0596 e. The van der Waals surface area contributed by atoms with Gasteiger partial charge in [-0.3, -0.25) is 4.21 Å². The average molecular weight is 165 g/mol. The van der Waals surface area contributed by atoms with Crippen LogP contribution in [0.3, 0.4) is 0 Å². The van der Waals surface area contributed by atoms with Crippen LogP contribution in [0.15, 0.2) is 0 Å². The van der Waals surface area contributed by atoms with Gasteiger partial charge >= 0.3 is 0 Å². The van der Waals surface area contributed by atoms with E-state index in [2.05, 4.69) is 0 Å². The Morgan fingerprint density at radius 2 is 2.30 bits per heavy atom. The fourth-order valence-corrected chi connectivity index (χ4v) is 0.657. The molecule has 0 aromatic heterocycles. The minimum atomic E-state index is -1.99. The smallest absolute Gasteiger partial charge is 0.0596 e. The fourth-order valence-electron chi connectivity index (χ4n) is 0.449. The van der Waals surface area contributed by atoms with Gasteiger partial charge in [0.2, 0.25) is 0 Å². The third-order valence-corrected chi connectivity index (χ3v) is 1.82. The van der Waals surface area contributed by atoms with Crippen LogP contribution in [0.25, 0.3) is 0 Å². The third kappa shape index (κ3) is 4.90. The van der Waals surface area contributed by atoms with Crippen LogP contribution in [0.4, 0.5) is 0 Å². The molecule has 0 heterocycles. The Hall–Kier alpha value is 0.0700. The molecule has 0 bridgehead atoms. The monoisotopic (exact) mass is 165 g/mol. The molecule has 2 unspecified atom stereocenters. The van der Waals surface area contributed by atoms with Gasteiger partial charge < -0.3 is 9.29 Å². The van der Waals surface area contributed by atoms with Crippen LogP contribution < -0.4 is 0 Å². The van der Waals surface area contributed by atoms with Gasteiger partial charge in [-0.05, 0) is 13.3 Å². The molecule has 0 aliphatic rings. The van der Waals surface area contributed by atoms with Gasteiger partial charge in [-0.1, -0.05) is 18.0 Å². The molecular formula is C6H13O3S-. The molecule has 0 saturated heterocycles. The molecule has 0 aromatic rings. The normalized spacial score (nSPS) is 16.7. The lowest BCUT2D eigenvalue weighted by Crippen LogP contribution is -2.17. The van der Waals surface area contributed by atoms with E-state index in [4.69, 9.17) is 4.74 Å². The van der Waals surface area contributed by atoms with Crippen LogP contribution in [0.5, 0.6) is 0 Å². The molecule has 0 aliphatic carbocycles. The maximum atomic E-state index is 10.2. The number of rotatable bonds is 5. The van der Waals surface area contributed by atoms with Gasteiger partial charge in [0.25, 0.3) is 0 Å². The van der Waals surface area contributed by atoms with E-state index in [-0.39, 0.29) is 5.25 Å². The molecule has 0 radical (unpaired) electrons. The summed E-state index contributed by atoms with van der Waals surface area (Å²) in [7, 11) is 0. The van der Waals surface area contributed by atoms with E-state index < -0.39 is 11.1 Å². The largest absolute Gasteiger partial charge is 0.772 e. The highest BCUT2D eigenvalue weighted by Crippen LogP contribution is 1.93. The van der Waals surface area contributed by atoms with Crippen molar-refractivity contribution in [2.24, 2.45) is 0 Å². The summed E-state index contributed by atoms with van der Waals surface area (Å²) in [5, 5.41) is -0.383. The van der Waals surface area contributed by atoms with Crippen molar-refractivity contribution in [2.45, 2.75) is 25.5 Å². The van der Waals surface area contributed by atoms with Crippen molar-refractivity contribution >= 4 is 11.1 Å².